The van der Waals surface area contributed by atoms with Gasteiger partial charge >= 0.3 is 6.09 Å². The summed E-state index contributed by atoms with van der Waals surface area (Å²) < 4.78 is 5.46. The maximum absolute atomic E-state index is 12.2. The molecule has 0 aromatic heterocycles. The molecule has 0 radical (unpaired) electrons. The minimum atomic E-state index is -0.453. The molecule has 0 bridgehead atoms. The van der Waals surface area contributed by atoms with Gasteiger partial charge in [-0.1, -0.05) is 21.3 Å². The number of amides is 1. The Morgan fingerprint density at radius 2 is 1.56 bits per heavy atom. The highest BCUT2D eigenvalue weighted by Gasteiger charge is 2.28. The molecule has 8 heteroatoms. The molecule has 0 spiro atoms. The summed E-state index contributed by atoms with van der Waals surface area (Å²) in [5, 5.41) is 10.8. The van der Waals surface area contributed by atoms with Crippen LogP contribution in [0.4, 0.5) is 16.2 Å². The Balaban J connectivity index is 0.00000166. The van der Waals surface area contributed by atoms with Crippen molar-refractivity contribution < 1.29 is 14.5 Å². The minimum Gasteiger partial charge on any atom is -0.444 e. The van der Waals surface area contributed by atoms with E-state index in [0.29, 0.717) is 5.92 Å². The molecule has 1 aromatic rings. The van der Waals surface area contributed by atoms with Gasteiger partial charge in [0.2, 0.25) is 0 Å². The molecule has 8 nitrogen and oxygen atoms in total. The minimum absolute atomic E-state index is 0. The van der Waals surface area contributed by atoms with Gasteiger partial charge in [0.15, 0.2) is 0 Å². The van der Waals surface area contributed by atoms with E-state index in [9.17, 15) is 14.9 Å². The maximum atomic E-state index is 12.2. The van der Waals surface area contributed by atoms with Crippen molar-refractivity contribution in [2.75, 3.05) is 50.7 Å². The molecule has 2 aliphatic heterocycles. The van der Waals surface area contributed by atoms with Gasteiger partial charge in [-0.2, -0.15) is 0 Å². The second kappa shape index (κ2) is 12.6. The molecule has 2 fully saturated rings. The largest absolute Gasteiger partial charge is 0.444 e. The number of nitrogens with zero attached hydrogens (tertiary/aromatic N) is 4. The van der Waals surface area contributed by atoms with E-state index in [1.807, 2.05) is 46.8 Å². The van der Waals surface area contributed by atoms with Crippen molar-refractivity contribution in [3.8, 4) is 0 Å². The lowest BCUT2D eigenvalue weighted by Crippen LogP contribution is -2.51. The van der Waals surface area contributed by atoms with Crippen molar-refractivity contribution in [2.24, 2.45) is 5.92 Å². The van der Waals surface area contributed by atoms with E-state index in [0.717, 1.165) is 64.3 Å². The van der Waals surface area contributed by atoms with E-state index in [1.165, 1.54) is 0 Å². The van der Waals surface area contributed by atoms with E-state index >= 15 is 0 Å². The number of piperazine rings is 1. The summed E-state index contributed by atoms with van der Waals surface area (Å²) in [5.41, 5.74) is 0.737. The Bertz CT molecular complexity index is 702. The third-order valence-electron chi connectivity index (χ3n) is 5.58. The van der Waals surface area contributed by atoms with E-state index in [1.54, 1.807) is 17.0 Å². The zero-order valence-electron chi connectivity index (χ0n) is 19.7. The number of nitro benzene ring substituents is 1. The standard InChI is InChI=1S/C21H32N4O4.C2H6.CH4/c1-21(2,3)29-20(26)24-14-12-22(13-15-24)16-17-8-10-23(11-9-17)18-4-6-19(7-5-18)25(27)28;1-2;/h4-7,17H,8-16H2,1-3H3;1-2H3;1H4. The first-order valence-electron chi connectivity index (χ1n) is 11.4. The molecule has 32 heavy (non-hydrogen) atoms. The van der Waals surface area contributed by atoms with Crippen LogP contribution in [0, 0.1) is 16.0 Å². The number of benzene rings is 1. The lowest BCUT2D eigenvalue weighted by atomic mass is 9.95. The number of ether oxygens (including phenoxy) is 1. The van der Waals surface area contributed by atoms with Crippen molar-refractivity contribution in [1.82, 2.24) is 9.80 Å². The van der Waals surface area contributed by atoms with Crippen LogP contribution in [0.5, 0.6) is 0 Å². The van der Waals surface area contributed by atoms with Crippen LogP contribution >= 0.6 is 0 Å². The summed E-state index contributed by atoms with van der Waals surface area (Å²) in [6, 6.07) is 6.83. The number of nitro groups is 1. The van der Waals surface area contributed by atoms with Gasteiger partial charge < -0.3 is 14.5 Å². The first kappa shape index (κ1) is 27.7. The molecule has 2 heterocycles. The van der Waals surface area contributed by atoms with Gasteiger partial charge in [-0.3, -0.25) is 15.0 Å². The van der Waals surface area contributed by atoms with Crippen LogP contribution in [0.1, 0.15) is 54.9 Å². The first-order chi connectivity index (χ1) is 14.7. The molecule has 2 saturated heterocycles. The van der Waals surface area contributed by atoms with E-state index in [-0.39, 0.29) is 24.1 Å². The van der Waals surface area contributed by atoms with E-state index < -0.39 is 5.60 Å². The monoisotopic (exact) mass is 450 g/mol. The van der Waals surface area contributed by atoms with Gasteiger partial charge in [-0.05, 0) is 51.7 Å². The molecule has 2 aliphatic rings. The van der Waals surface area contributed by atoms with Crippen LogP contribution in [-0.4, -0.2) is 72.2 Å². The Hall–Kier alpha value is -2.35. The van der Waals surface area contributed by atoms with Gasteiger partial charge in [-0.15, -0.1) is 0 Å². The van der Waals surface area contributed by atoms with Crippen molar-refractivity contribution in [2.45, 2.75) is 60.5 Å². The SMILES string of the molecule is C.CC.CC(C)(C)OC(=O)N1CCN(CC2CCN(c3ccc([N+](=O)[O-])cc3)CC2)CC1. The lowest BCUT2D eigenvalue weighted by Gasteiger charge is -2.39. The summed E-state index contributed by atoms with van der Waals surface area (Å²) >= 11 is 0. The fraction of sp³-hybridized carbons (Fsp3) is 0.708. The lowest BCUT2D eigenvalue weighted by molar-refractivity contribution is -0.384. The van der Waals surface area contributed by atoms with Crippen LogP contribution in [0.3, 0.4) is 0 Å². The average Bonchev–Trinajstić information content (AvgIpc) is 2.75. The number of carbonyl (C=O) groups is 1. The van der Waals surface area contributed by atoms with Crippen LogP contribution in [-0.2, 0) is 4.74 Å². The predicted molar refractivity (Wildman–Crippen MR) is 130 cm³/mol. The summed E-state index contributed by atoms with van der Waals surface area (Å²) in [7, 11) is 0. The van der Waals surface area contributed by atoms with Gasteiger partial charge in [-0.25, -0.2) is 4.79 Å². The Morgan fingerprint density at radius 3 is 2.03 bits per heavy atom. The smallest absolute Gasteiger partial charge is 0.410 e. The summed E-state index contributed by atoms with van der Waals surface area (Å²) in [6.45, 7) is 15.9. The zero-order chi connectivity index (χ0) is 23.0. The van der Waals surface area contributed by atoms with E-state index in [4.69, 9.17) is 4.74 Å². The topological polar surface area (TPSA) is 79.2 Å². The van der Waals surface area contributed by atoms with Crippen LogP contribution < -0.4 is 4.90 Å². The number of hydrogen-bond donors (Lipinski definition) is 0. The Kier molecular flexibility index (Phi) is 10.9. The Labute approximate surface area is 193 Å². The van der Waals surface area contributed by atoms with Crippen molar-refractivity contribution in [3.05, 3.63) is 34.4 Å². The van der Waals surface area contributed by atoms with Gasteiger partial charge in [0.1, 0.15) is 5.60 Å². The highest BCUT2D eigenvalue weighted by molar-refractivity contribution is 5.68. The molecule has 0 atom stereocenters. The molecule has 0 aliphatic carbocycles. The number of hydrogen-bond acceptors (Lipinski definition) is 6. The summed E-state index contributed by atoms with van der Waals surface area (Å²) in [5.74, 6) is 0.650. The Morgan fingerprint density at radius 1 is 1.03 bits per heavy atom. The molecular weight excluding hydrogens is 408 g/mol. The quantitative estimate of drug-likeness (QED) is 0.473. The second-order valence-electron chi connectivity index (χ2n) is 8.97. The van der Waals surface area contributed by atoms with Crippen molar-refractivity contribution in [3.63, 3.8) is 0 Å². The molecule has 0 unspecified atom stereocenters. The molecule has 3 rings (SSSR count). The fourth-order valence-corrected chi connectivity index (χ4v) is 3.96. The molecule has 0 saturated carbocycles. The molecule has 1 aromatic carbocycles. The predicted octanol–water partition coefficient (Wildman–Crippen LogP) is 5.03. The molecule has 182 valence electrons. The fourth-order valence-electron chi connectivity index (χ4n) is 3.96. The molecule has 0 N–H and O–H groups in total. The number of piperidine rings is 1. The second-order valence-corrected chi connectivity index (χ2v) is 8.97. The average molecular weight is 451 g/mol. The number of carbonyl (C=O) groups excluding carboxylic acids is 1. The van der Waals surface area contributed by atoms with Crippen molar-refractivity contribution >= 4 is 17.5 Å². The maximum Gasteiger partial charge on any atom is 0.410 e. The normalized spacial score (nSPS) is 17.7. The molecular formula is C24H42N4O4. The third-order valence-corrected chi connectivity index (χ3v) is 5.58. The zero-order valence-corrected chi connectivity index (χ0v) is 19.7. The van der Waals surface area contributed by atoms with Crippen LogP contribution in [0.15, 0.2) is 24.3 Å². The number of rotatable bonds is 4. The summed E-state index contributed by atoms with van der Waals surface area (Å²) in [4.78, 5) is 29.2. The molecule has 1 amide bonds. The van der Waals surface area contributed by atoms with Crippen LogP contribution in [0.2, 0.25) is 0 Å². The van der Waals surface area contributed by atoms with Gasteiger partial charge in [0, 0.05) is 63.6 Å². The summed E-state index contributed by atoms with van der Waals surface area (Å²) in [6.07, 6.45) is 2.01. The van der Waals surface area contributed by atoms with Crippen molar-refractivity contribution in [1.29, 1.82) is 0 Å². The van der Waals surface area contributed by atoms with Gasteiger partial charge in [0.05, 0.1) is 4.92 Å². The highest BCUT2D eigenvalue weighted by atomic mass is 16.6. The third kappa shape index (κ3) is 8.30. The highest BCUT2D eigenvalue weighted by Crippen LogP contribution is 2.26. The van der Waals surface area contributed by atoms with Crippen LogP contribution in [0.25, 0.3) is 0 Å². The first-order valence-corrected chi connectivity index (χ1v) is 11.4. The number of non-ortho nitro benzene ring substituents is 1. The van der Waals surface area contributed by atoms with E-state index in [2.05, 4.69) is 9.80 Å². The number of anilines is 1. The van der Waals surface area contributed by atoms with Gasteiger partial charge in [0.25, 0.3) is 5.69 Å².